The van der Waals surface area contributed by atoms with Gasteiger partial charge in [0.15, 0.2) is 6.04 Å². The number of carbonyl (C=O) groups is 2. The van der Waals surface area contributed by atoms with Gasteiger partial charge in [0, 0.05) is 17.8 Å². The van der Waals surface area contributed by atoms with Crippen molar-refractivity contribution < 1.29 is 24.4 Å². The minimum atomic E-state index is -1.18. The van der Waals surface area contributed by atoms with Crippen molar-refractivity contribution in [3.63, 3.8) is 0 Å². The number of methoxy groups -OCH3 is 1. The maximum Gasteiger partial charge on any atom is 0.330 e. The van der Waals surface area contributed by atoms with E-state index in [0.717, 1.165) is 7.11 Å². The van der Waals surface area contributed by atoms with Crippen LogP contribution in [0, 0.1) is 10.1 Å². The molecule has 1 aromatic carbocycles. The summed E-state index contributed by atoms with van der Waals surface area (Å²) in [6, 6.07) is 3.19. The summed E-state index contributed by atoms with van der Waals surface area (Å²) in [4.78, 5) is 32.6. The van der Waals surface area contributed by atoms with Crippen molar-refractivity contribution in [3.05, 3.63) is 34.4 Å². The van der Waals surface area contributed by atoms with Gasteiger partial charge in [-0.2, -0.15) is 0 Å². The number of nitrogens with one attached hydrogen (secondary N) is 2. The van der Waals surface area contributed by atoms with Gasteiger partial charge in [0.1, 0.15) is 0 Å². The number of hydrogen-bond donors (Lipinski definition) is 3. The van der Waals surface area contributed by atoms with Crippen LogP contribution in [0.3, 0.4) is 0 Å². The Bertz CT molecular complexity index is 501. The summed E-state index contributed by atoms with van der Waals surface area (Å²) >= 11 is 0. The second-order valence-corrected chi connectivity index (χ2v) is 3.66. The molecule has 0 aromatic heterocycles. The third-order valence-corrected chi connectivity index (χ3v) is 2.31. The third-order valence-electron chi connectivity index (χ3n) is 2.31. The molecule has 0 radical (unpaired) electrons. The number of aliphatic hydroxyl groups excluding tert-OH is 1. The first-order valence-electron chi connectivity index (χ1n) is 5.48. The number of esters is 1. The first-order valence-corrected chi connectivity index (χ1v) is 5.48. The largest absolute Gasteiger partial charge is 0.467 e. The van der Waals surface area contributed by atoms with Crippen LogP contribution in [0.1, 0.15) is 0 Å². The predicted molar refractivity (Wildman–Crippen MR) is 68.1 cm³/mol. The van der Waals surface area contributed by atoms with Crippen LogP contribution in [-0.4, -0.2) is 41.8 Å². The summed E-state index contributed by atoms with van der Waals surface area (Å²) in [5.74, 6) is -0.786. The van der Waals surface area contributed by atoms with Gasteiger partial charge in [0.2, 0.25) is 0 Å². The molecule has 0 saturated carbocycles. The third kappa shape index (κ3) is 4.21. The number of carbonyl (C=O) groups excluding carboxylic acids is 2. The zero-order valence-electron chi connectivity index (χ0n) is 10.5. The number of rotatable bonds is 5. The zero-order chi connectivity index (χ0) is 15.1. The smallest absolute Gasteiger partial charge is 0.330 e. The molecular weight excluding hydrogens is 270 g/mol. The van der Waals surface area contributed by atoms with Crippen LogP contribution in [0.2, 0.25) is 0 Å². The Morgan fingerprint density at radius 1 is 1.40 bits per heavy atom. The summed E-state index contributed by atoms with van der Waals surface area (Å²) in [5.41, 5.74) is 0.188. The molecule has 20 heavy (non-hydrogen) atoms. The van der Waals surface area contributed by atoms with Crippen molar-refractivity contribution in [2.75, 3.05) is 19.0 Å². The van der Waals surface area contributed by atoms with Gasteiger partial charge in [-0.15, -0.1) is 0 Å². The maximum atomic E-state index is 11.5. The second-order valence-electron chi connectivity index (χ2n) is 3.66. The molecule has 9 nitrogen and oxygen atoms in total. The molecule has 0 aliphatic carbocycles. The number of urea groups is 1. The lowest BCUT2D eigenvalue weighted by Crippen LogP contribution is -2.45. The molecule has 0 aliphatic rings. The number of non-ortho nitro benzene ring substituents is 1. The highest BCUT2D eigenvalue weighted by Gasteiger charge is 2.20. The number of nitro benzene ring substituents is 1. The van der Waals surface area contributed by atoms with Gasteiger partial charge in [-0.25, -0.2) is 9.59 Å². The number of benzene rings is 1. The molecule has 1 aromatic rings. The minimum Gasteiger partial charge on any atom is -0.467 e. The van der Waals surface area contributed by atoms with Crippen molar-refractivity contribution in [2.24, 2.45) is 0 Å². The fraction of sp³-hybridized carbons (Fsp3) is 0.273. The van der Waals surface area contributed by atoms with Gasteiger partial charge >= 0.3 is 12.0 Å². The zero-order valence-corrected chi connectivity index (χ0v) is 10.5. The van der Waals surface area contributed by atoms with Crippen LogP contribution in [0.5, 0.6) is 0 Å². The molecule has 0 spiro atoms. The first-order chi connectivity index (χ1) is 9.47. The number of aliphatic hydroxyl groups is 1. The van der Waals surface area contributed by atoms with E-state index in [1.807, 2.05) is 0 Å². The van der Waals surface area contributed by atoms with E-state index in [0.29, 0.717) is 5.69 Å². The lowest BCUT2D eigenvalue weighted by Gasteiger charge is -2.14. The van der Waals surface area contributed by atoms with Crippen LogP contribution in [0.4, 0.5) is 16.2 Å². The van der Waals surface area contributed by atoms with Crippen LogP contribution in [0.25, 0.3) is 0 Å². The van der Waals surface area contributed by atoms with Gasteiger partial charge in [0.25, 0.3) is 5.69 Å². The van der Waals surface area contributed by atoms with Gasteiger partial charge < -0.3 is 20.5 Å². The molecule has 1 unspecified atom stereocenters. The Kier molecular flexibility index (Phi) is 5.42. The molecule has 108 valence electrons. The van der Waals surface area contributed by atoms with E-state index in [1.165, 1.54) is 24.3 Å². The molecule has 3 N–H and O–H groups in total. The van der Waals surface area contributed by atoms with E-state index < -0.39 is 29.6 Å². The Hall–Kier alpha value is -2.68. The van der Waals surface area contributed by atoms with E-state index in [2.05, 4.69) is 15.4 Å². The van der Waals surface area contributed by atoms with Gasteiger partial charge in [-0.1, -0.05) is 0 Å². The van der Waals surface area contributed by atoms with Gasteiger partial charge in [-0.05, 0) is 12.1 Å². The van der Waals surface area contributed by atoms with Crippen LogP contribution >= 0.6 is 0 Å². The highest BCUT2D eigenvalue weighted by Crippen LogP contribution is 2.15. The standard InChI is InChI=1S/C11H13N3O6/c1-20-10(16)9(6-15)13-11(17)12-7-2-4-8(5-3-7)14(18)19/h2-5,9,15H,6H2,1H3,(H2,12,13,17). The second kappa shape index (κ2) is 7.04. The lowest BCUT2D eigenvalue weighted by atomic mass is 10.3. The SMILES string of the molecule is COC(=O)C(CO)NC(=O)Nc1ccc([N+](=O)[O-])cc1. The normalized spacial score (nSPS) is 11.3. The molecule has 9 heteroatoms. The molecule has 0 saturated heterocycles. The maximum absolute atomic E-state index is 11.5. The van der Waals surface area contributed by atoms with Crippen LogP contribution in [-0.2, 0) is 9.53 Å². The van der Waals surface area contributed by atoms with Crippen molar-refractivity contribution in [1.82, 2.24) is 5.32 Å². The van der Waals surface area contributed by atoms with Crippen molar-refractivity contribution >= 4 is 23.4 Å². The van der Waals surface area contributed by atoms with Crippen molar-refractivity contribution in [2.45, 2.75) is 6.04 Å². The van der Waals surface area contributed by atoms with E-state index in [9.17, 15) is 19.7 Å². The molecule has 0 aliphatic heterocycles. The Morgan fingerprint density at radius 2 is 2.00 bits per heavy atom. The molecule has 1 atom stereocenters. The lowest BCUT2D eigenvalue weighted by molar-refractivity contribution is -0.384. The number of anilines is 1. The molecule has 2 amide bonds. The van der Waals surface area contributed by atoms with Crippen molar-refractivity contribution in [1.29, 1.82) is 0 Å². The first kappa shape index (κ1) is 15.4. The van der Waals surface area contributed by atoms with Crippen molar-refractivity contribution in [3.8, 4) is 0 Å². The molecular formula is C11H13N3O6. The van der Waals surface area contributed by atoms with Gasteiger partial charge in [0.05, 0.1) is 18.6 Å². The molecule has 0 heterocycles. The highest BCUT2D eigenvalue weighted by molar-refractivity contribution is 5.92. The molecule has 0 fully saturated rings. The molecule has 1 rings (SSSR count). The van der Waals surface area contributed by atoms with Crippen LogP contribution in [0.15, 0.2) is 24.3 Å². The fourth-order valence-corrected chi connectivity index (χ4v) is 1.31. The van der Waals surface area contributed by atoms with Gasteiger partial charge in [-0.3, -0.25) is 10.1 Å². The summed E-state index contributed by atoms with van der Waals surface area (Å²) in [5, 5.41) is 23.9. The number of ether oxygens (including phenoxy) is 1. The number of hydrogen-bond acceptors (Lipinski definition) is 6. The average molecular weight is 283 g/mol. The topological polar surface area (TPSA) is 131 Å². The summed E-state index contributed by atoms with van der Waals surface area (Å²) in [7, 11) is 1.13. The quantitative estimate of drug-likeness (QED) is 0.403. The average Bonchev–Trinajstić information content (AvgIpc) is 2.44. The Morgan fingerprint density at radius 3 is 2.45 bits per heavy atom. The van der Waals surface area contributed by atoms with E-state index in [4.69, 9.17) is 5.11 Å². The van der Waals surface area contributed by atoms with Crippen LogP contribution < -0.4 is 10.6 Å². The highest BCUT2D eigenvalue weighted by atomic mass is 16.6. The fourth-order valence-electron chi connectivity index (χ4n) is 1.31. The predicted octanol–water partition coefficient (Wildman–Crippen LogP) is 0.250. The minimum absolute atomic E-state index is 0.112. The van der Waals surface area contributed by atoms with E-state index in [1.54, 1.807) is 0 Å². The monoisotopic (exact) mass is 283 g/mol. The summed E-state index contributed by atoms with van der Waals surface area (Å²) < 4.78 is 4.38. The number of amides is 2. The number of nitrogens with zero attached hydrogens (tertiary/aromatic N) is 1. The van der Waals surface area contributed by atoms with E-state index >= 15 is 0 Å². The summed E-state index contributed by atoms with van der Waals surface area (Å²) in [6.45, 7) is -0.611. The summed E-state index contributed by atoms with van der Waals surface area (Å²) in [6.07, 6.45) is 0. The Labute approximate surface area is 113 Å². The molecule has 0 bridgehead atoms. The number of nitro groups is 1. The Balaban J connectivity index is 2.61. The van der Waals surface area contributed by atoms with E-state index in [-0.39, 0.29) is 5.69 Å².